The van der Waals surface area contributed by atoms with E-state index in [2.05, 4.69) is 18.3 Å². The molecular formula is C10H13NO2. The van der Waals surface area contributed by atoms with Gasteiger partial charge in [-0.05, 0) is 25.6 Å². The van der Waals surface area contributed by atoms with E-state index >= 15 is 0 Å². The van der Waals surface area contributed by atoms with E-state index in [1.165, 1.54) is 5.56 Å². The van der Waals surface area contributed by atoms with Gasteiger partial charge in [0.1, 0.15) is 6.61 Å². The van der Waals surface area contributed by atoms with Gasteiger partial charge < -0.3 is 10.2 Å². The van der Waals surface area contributed by atoms with Crippen molar-refractivity contribution in [1.29, 1.82) is 0 Å². The van der Waals surface area contributed by atoms with Gasteiger partial charge in [-0.15, -0.1) is 0 Å². The second-order valence-electron chi connectivity index (χ2n) is 3.22. The van der Waals surface area contributed by atoms with Crippen LogP contribution in [0.15, 0.2) is 18.2 Å². The second kappa shape index (κ2) is 3.36. The Bertz CT molecular complexity index is 312. The summed E-state index contributed by atoms with van der Waals surface area (Å²) in [4.78, 5) is 9.87. The van der Waals surface area contributed by atoms with Crippen LogP contribution in [0.5, 0.6) is 5.75 Å². The third-order valence-corrected chi connectivity index (χ3v) is 2.39. The van der Waals surface area contributed by atoms with Gasteiger partial charge in [0.15, 0.2) is 5.75 Å². The van der Waals surface area contributed by atoms with Gasteiger partial charge in [0.25, 0.3) is 0 Å². The molecule has 1 aromatic carbocycles. The zero-order chi connectivity index (χ0) is 9.26. The third-order valence-electron chi connectivity index (χ3n) is 2.39. The van der Waals surface area contributed by atoms with Crippen LogP contribution in [0.4, 0.5) is 0 Å². The molecule has 0 spiro atoms. The lowest BCUT2D eigenvalue weighted by Crippen LogP contribution is -2.12. The summed E-state index contributed by atoms with van der Waals surface area (Å²) in [6, 6.07) is 6.50. The molecule has 0 bridgehead atoms. The lowest BCUT2D eigenvalue weighted by Gasteiger charge is -2.10. The molecule has 0 amide bonds. The van der Waals surface area contributed by atoms with Crippen molar-refractivity contribution in [3.05, 3.63) is 29.3 Å². The zero-order valence-corrected chi connectivity index (χ0v) is 7.83. The van der Waals surface area contributed by atoms with Crippen LogP contribution in [0.3, 0.4) is 0 Å². The largest absolute Gasteiger partial charge is 0.337 e. The monoisotopic (exact) mass is 179 g/mol. The Morgan fingerprint density at radius 3 is 3.08 bits per heavy atom. The summed E-state index contributed by atoms with van der Waals surface area (Å²) in [6.07, 6.45) is 0. The molecule has 1 aliphatic heterocycles. The topological polar surface area (TPSA) is 30.5 Å². The van der Waals surface area contributed by atoms with E-state index in [1.54, 1.807) is 0 Å². The molecule has 2 rings (SSSR count). The summed E-state index contributed by atoms with van der Waals surface area (Å²) >= 11 is 0. The summed E-state index contributed by atoms with van der Waals surface area (Å²) in [5.41, 5.74) is 2.33. The molecule has 0 saturated carbocycles. The molecule has 0 radical (unpaired) electrons. The maximum atomic E-state index is 5.01. The molecule has 1 aromatic rings. The highest BCUT2D eigenvalue weighted by molar-refractivity contribution is 5.39. The zero-order valence-electron chi connectivity index (χ0n) is 7.83. The number of benzene rings is 1. The summed E-state index contributed by atoms with van der Waals surface area (Å²) < 4.78 is 0. The highest BCUT2D eigenvalue weighted by Crippen LogP contribution is 2.28. The average Bonchev–Trinajstić information content (AvgIpc) is 2.63. The molecule has 1 aliphatic rings. The molecular weight excluding hydrogens is 166 g/mol. The van der Waals surface area contributed by atoms with E-state index in [-0.39, 0.29) is 0 Å². The minimum absolute atomic E-state index is 0.342. The number of nitrogens with one attached hydrogen (secondary N) is 1. The lowest BCUT2D eigenvalue weighted by molar-refractivity contribution is -0.194. The molecule has 3 heteroatoms. The summed E-state index contributed by atoms with van der Waals surface area (Å²) in [5.74, 6) is 0.847. The number of hydrogen-bond acceptors (Lipinski definition) is 3. The highest BCUT2D eigenvalue weighted by atomic mass is 17.2. The van der Waals surface area contributed by atoms with Crippen LogP contribution >= 0.6 is 0 Å². The van der Waals surface area contributed by atoms with Crippen LogP contribution in [0.25, 0.3) is 0 Å². The van der Waals surface area contributed by atoms with Crippen molar-refractivity contribution >= 4 is 0 Å². The van der Waals surface area contributed by atoms with Gasteiger partial charge in [-0.2, -0.15) is 4.89 Å². The Morgan fingerprint density at radius 1 is 1.46 bits per heavy atom. The molecule has 1 heterocycles. The quantitative estimate of drug-likeness (QED) is 0.702. The van der Waals surface area contributed by atoms with Crippen LogP contribution < -0.4 is 10.2 Å². The Kier molecular flexibility index (Phi) is 2.20. The van der Waals surface area contributed by atoms with Gasteiger partial charge in [-0.3, -0.25) is 0 Å². The van der Waals surface area contributed by atoms with Crippen molar-refractivity contribution in [2.75, 3.05) is 7.05 Å². The van der Waals surface area contributed by atoms with Gasteiger partial charge in [-0.25, -0.2) is 0 Å². The molecule has 0 saturated heterocycles. The number of hydrogen-bond donors (Lipinski definition) is 1. The van der Waals surface area contributed by atoms with E-state index in [4.69, 9.17) is 9.78 Å². The van der Waals surface area contributed by atoms with Gasteiger partial charge in [0, 0.05) is 11.6 Å². The molecule has 1 unspecified atom stereocenters. The van der Waals surface area contributed by atoms with Gasteiger partial charge in [-0.1, -0.05) is 12.1 Å². The van der Waals surface area contributed by atoms with Crippen molar-refractivity contribution < 1.29 is 9.78 Å². The Labute approximate surface area is 77.6 Å². The summed E-state index contributed by atoms with van der Waals surface area (Å²) in [6.45, 7) is 2.67. The smallest absolute Gasteiger partial charge is 0.171 e. The molecule has 3 nitrogen and oxygen atoms in total. The van der Waals surface area contributed by atoms with Crippen LogP contribution in [0.1, 0.15) is 24.1 Å². The molecule has 1 N–H and O–H groups in total. The molecule has 1 atom stereocenters. The summed E-state index contributed by atoms with van der Waals surface area (Å²) in [7, 11) is 1.94. The fourth-order valence-electron chi connectivity index (χ4n) is 1.36. The molecule has 13 heavy (non-hydrogen) atoms. The van der Waals surface area contributed by atoms with Crippen LogP contribution in [-0.4, -0.2) is 7.05 Å². The van der Waals surface area contributed by atoms with E-state index in [0.717, 1.165) is 11.3 Å². The predicted molar refractivity (Wildman–Crippen MR) is 49.3 cm³/mol. The predicted octanol–water partition coefficient (Wildman–Crippen LogP) is 1.79. The Morgan fingerprint density at radius 2 is 2.31 bits per heavy atom. The van der Waals surface area contributed by atoms with E-state index < -0.39 is 0 Å². The molecule has 0 aliphatic carbocycles. The first kappa shape index (κ1) is 8.53. The fourth-order valence-corrected chi connectivity index (χ4v) is 1.36. The van der Waals surface area contributed by atoms with Crippen molar-refractivity contribution in [3.63, 3.8) is 0 Å². The first-order chi connectivity index (χ1) is 6.31. The summed E-state index contributed by atoms with van der Waals surface area (Å²) in [5, 5.41) is 3.18. The van der Waals surface area contributed by atoms with Crippen molar-refractivity contribution in [2.24, 2.45) is 0 Å². The standard InChI is InChI=1S/C10H13NO2/c1-7(11-2)8-3-4-9-6-12-13-10(9)5-8/h3-5,7,11H,6H2,1-2H3. The maximum Gasteiger partial charge on any atom is 0.171 e. The molecule has 0 fully saturated rings. The van der Waals surface area contributed by atoms with Crippen molar-refractivity contribution in [1.82, 2.24) is 5.32 Å². The highest BCUT2D eigenvalue weighted by Gasteiger charge is 2.15. The second-order valence-corrected chi connectivity index (χ2v) is 3.22. The van der Waals surface area contributed by atoms with Crippen LogP contribution in [-0.2, 0) is 11.5 Å². The SMILES string of the molecule is CNC(C)c1ccc2c(c1)OOC2. The van der Waals surface area contributed by atoms with Crippen molar-refractivity contribution in [2.45, 2.75) is 19.6 Å². The molecule has 0 aromatic heterocycles. The first-order valence-electron chi connectivity index (χ1n) is 4.41. The number of rotatable bonds is 2. The maximum absolute atomic E-state index is 5.01. The average molecular weight is 179 g/mol. The van der Waals surface area contributed by atoms with Gasteiger partial charge in [0.05, 0.1) is 0 Å². The van der Waals surface area contributed by atoms with Gasteiger partial charge >= 0.3 is 0 Å². The van der Waals surface area contributed by atoms with Crippen LogP contribution in [0, 0.1) is 0 Å². The van der Waals surface area contributed by atoms with Crippen molar-refractivity contribution in [3.8, 4) is 5.75 Å². The van der Waals surface area contributed by atoms with Crippen LogP contribution in [0.2, 0.25) is 0 Å². The lowest BCUT2D eigenvalue weighted by atomic mass is 10.1. The Hall–Kier alpha value is -1.06. The minimum atomic E-state index is 0.342. The normalized spacial score (nSPS) is 16.5. The Balaban J connectivity index is 2.30. The van der Waals surface area contributed by atoms with E-state index in [1.807, 2.05) is 19.2 Å². The third kappa shape index (κ3) is 1.53. The fraction of sp³-hybridized carbons (Fsp3) is 0.400. The van der Waals surface area contributed by atoms with Gasteiger partial charge in [0.2, 0.25) is 0 Å². The van der Waals surface area contributed by atoms with E-state index in [0.29, 0.717) is 12.6 Å². The minimum Gasteiger partial charge on any atom is -0.337 e. The molecule has 70 valence electrons. The first-order valence-corrected chi connectivity index (χ1v) is 4.41. The number of fused-ring (bicyclic) bond motifs is 1. The van der Waals surface area contributed by atoms with E-state index in [9.17, 15) is 0 Å².